The molecule has 0 bridgehead atoms. The first-order chi connectivity index (χ1) is 12.0. The highest BCUT2D eigenvalue weighted by Gasteiger charge is 2.43. The average molecular weight is 415 g/mol. The van der Waals surface area contributed by atoms with E-state index >= 15 is 0 Å². The number of amides is 1. The molecule has 9 heteroatoms. The van der Waals surface area contributed by atoms with E-state index in [9.17, 15) is 13.2 Å². The monoisotopic (exact) mass is 414 g/mol. The second kappa shape index (κ2) is 6.33. The molecule has 0 spiro atoms. The maximum Gasteiger partial charge on any atom is 0.275 e. The molecular formula is C17H16Cl2N2O4S. The number of hydrogen-bond donors (Lipinski definition) is 1. The number of sulfonamides is 1. The summed E-state index contributed by atoms with van der Waals surface area (Å²) in [5, 5.41) is 0.709. The number of hydrogen-bond acceptors (Lipinski definition) is 4. The zero-order valence-corrected chi connectivity index (χ0v) is 16.5. The fourth-order valence-electron chi connectivity index (χ4n) is 2.67. The van der Waals surface area contributed by atoms with Crippen LogP contribution in [0.2, 0.25) is 10.0 Å². The van der Waals surface area contributed by atoms with Crippen LogP contribution in [0.4, 0.5) is 17.1 Å². The highest BCUT2D eigenvalue weighted by Crippen LogP contribution is 2.47. The molecule has 2 aromatic rings. The van der Waals surface area contributed by atoms with Crippen molar-refractivity contribution < 1.29 is 17.9 Å². The molecule has 0 saturated heterocycles. The van der Waals surface area contributed by atoms with Gasteiger partial charge in [0.1, 0.15) is 11.4 Å². The first-order valence-electron chi connectivity index (χ1n) is 7.58. The Morgan fingerprint density at radius 2 is 1.73 bits per heavy atom. The van der Waals surface area contributed by atoms with Gasteiger partial charge < -0.3 is 4.74 Å². The first kappa shape index (κ1) is 18.8. The predicted molar refractivity (Wildman–Crippen MR) is 103 cm³/mol. The van der Waals surface area contributed by atoms with Crippen molar-refractivity contribution in [2.24, 2.45) is 0 Å². The van der Waals surface area contributed by atoms with Gasteiger partial charge in [0.15, 0.2) is 5.60 Å². The molecule has 0 saturated carbocycles. The molecule has 0 radical (unpaired) electrons. The lowest BCUT2D eigenvalue weighted by Crippen LogP contribution is -2.50. The average Bonchev–Trinajstić information content (AvgIpc) is 2.48. The van der Waals surface area contributed by atoms with Crippen LogP contribution in [0.1, 0.15) is 13.8 Å². The second-order valence-corrected chi connectivity index (χ2v) is 9.00. The van der Waals surface area contributed by atoms with Gasteiger partial charge in [-0.2, -0.15) is 0 Å². The van der Waals surface area contributed by atoms with Gasteiger partial charge in [0.2, 0.25) is 10.0 Å². The number of fused-ring (bicyclic) bond motifs is 1. The van der Waals surface area contributed by atoms with Crippen LogP contribution in [-0.2, 0) is 14.8 Å². The molecule has 1 aliphatic heterocycles. The van der Waals surface area contributed by atoms with Gasteiger partial charge in [0, 0.05) is 16.8 Å². The molecule has 0 aromatic heterocycles. The minimum absolute atomic E-state index is 0.174. The van der Waals surface area contributed by atoms with Crippen molar-refractivity contribution in [1.29, 1.82) is 0 Å². The number of nitrogens with one attached hydrogen (secondary N) is 1. The molecule has 3 rings (SSSR count). The van der Waals surface area contributed by atoms with Crippen LogP contribution >= 0.6 is 23.2 Å². The Morgan fingerprint density at radius 1 is 1.12 bits per heavy atom. The van der Waals surface area contributed by atoms with Crippen LogP contribution < -0.4 is 14.4 Å². The topological polar surface area (TPSA) is 75.7 Å². The number of rotatable bonds is 3. The standard InChI is InChI=1S/C17H16Cl2N2O4S/c1-17(2)16(22)21(12-6-4-10(18)5-7-12)15-13(19)8-11(9-14(15)25-17)20-26(3,23)24/h4-9,20H,1-3H3. The van der Waals surface area contributed by atoms with Crippen molar-refractivity contribution in [2.45, 2.75) is 19.4 Å². The molecule has 138 valence electrons. The molecular weight excluding hydrogens is 399 g/mol. The van der Waals surface area contributed by atoms with Crippen LogP contribution in [0.3, 0.4) is 0 Å². The molecule has 1 heterocycles. The van der Waals surface area contributed by atoms with Gasteiger partial charge in [-0.05, 0) is 44.2 Å². The highest BCUT2D eigenvalue weighted by atomic mass is 35.5. The smallest absolute Gasteiger partial charge is 0.275 e. The summed E-state index contributed by atoms with van der Waals surface area (Å²) in [5.41, 5.74) is -0.00257. The number of benzene rings is 2. The van der Waals surface area contributed by atoms with E-state index in [1.54, 1.807) is 38.1 Å². The van der Waals surface area contributed by atoms with E-state index in [-0.39, 0.29) is 16.6 Å². The van der Waals surface area contributed by atoms with Crippen molar-refractivity contribution in [2.75, 3.05) is 15.9 Å². The molecule has 1 N–H and O–H groups in total. The number of carbonyl (C=O) groups excluding carboxylic acids is 1. The number of halogens is 2. The third kappa shape index (κ3) is 3.60. The predicted octanol–water partition coefficient (Wildman–Crippen LogP) is 4.20. The van der Waals surface area contributed by atoms with Crippen molar-refractivity contribution in [1.82, 2.24) is 0 Å². The number of carbonyl (C=O) groups is 1. The van der Waals surface area contributed by atoms with Crippen LogP contribution in [0.5, 0.6) is 5.75 Å². The van der Waals surface area contributed by atoms with E-state index in [1.807, 2.05) is 0 Å². The van der Waals surface area contributed by atoms with E-state index in [1.165, 1.54) is 17.0 Å². The van der Waals surface area contributed by atoms with Gasteiger partial charge in [0.25, 0.3) is 5.91 Å². The molecule has 1 aliphatic rings. The third-order valence-electron chi connectivity index (χ3n) is 3.72. The zero-order valence-electron chi connectivity index (χ0n) is 14.2. The zero-order chi connectivity index (χ0) is 19.3. The van der Waals surface area contributed by atoms with Gasteiger partial charge >= 0.3 is 0 Å². The lowest BCUT2D eigenvalue weighted by atomic mass is 10.0. The Kier molecular flexibility index (Phi) is 4.58. The molecule has 26 heavy (non-hydrogen) atoms. The summed E-state index contributed by atoms with van der Waals surface area (Å²) in [7, 11) is -3.49. The summed E-state index contributed by atoms with van der Waals surface area (Å²) in [6.07, 6.45) is 1.04. The van der Waals surface area contributed by atoms with Gasteiger partial charge in [-0.25, -0.2) is 8.42 Å². The molecule has 6 nitrogen and oxygen atoms in total. The van der Waals surface area contributed by atoms with Gasteiger partial charge in [0.05, 0.1) is 17.0 Å². The highest BCUT2D eigenvalue weighted by molar-refractivity contribution is 7.92. The van der Waals surface area contributed by atoms with Crippen molar-refractivity contribution in [3.63, 3.8) is 0 Å². The van der Waals surface area contributed by atoms with E-state index in [2.05, 4.69) is 4.72 Å². The fraction of sp³-hybridized carbons (Fsp3) is 0.235. The van der Waals surface area contributed by atoms with Crippen molar-refractivity contribution in [3.05, 3.63) is 46.4 Å². The Morgan fingerprint density at radius 3 is 2.31 bits per heavy atom. The van der Waals surface area contributed by atoms with Crippen LogP contribution in [-0.4, -0.2) is 26.2 Å². The summed E-state index contributed by atoms with van der Waals surface area (Å²) in [4.78, 5) is 14.4. The quantitative estimate of drug-likeness (QED) is 0.816. The van der Waals surface area contributed by atoms with Gasteiger partial charge in [-0.1, -0.05) is 23.2 Å². The molecule has 0 atom stereocenters. The first-order valence-corrected chi connectivity index (χ1v) is 10.2. The maximum absolute atomic E-state index is 13.0. The molecule has 2 aromatic carbocycles. The van der Waals surface area contributed by atoms with Crippen molar-refractivity contribution in [3.8, 4) is 5.75 Å². The maximum atomic E-state index is 13.0. The van der Waals surface area contributed by atoms with E-state index < -0.39 is 15.6 Å². The van der Waals surface area contributed by atoms with Crippen LogP contribution in [0.15, 0.2) is 36.4 Å². The number of anilines is 3. The fourth-order valence-corrected chi connectivity index (χ4v) is 3.63. The third-order valence-corrected chi connectivity index (χ3v) is 4.87. The SMILES string of the molecule is CC1(C)Oc2cc(NS(C)(=O)=O)cc(Cl)c2N(c2ccc(Cl)cc2)C1=O. The second-order valence-electron chi connectivity index (χ2n) is 6.41. The summed E-state index contributed by atoms with van der Waals surface area (Å²) >= 11 is 12.3. The molecule has 0 aliphatic carbocycles. The minimum atomic E-state index is -3.49. The lowest BCUT2D eigenvalue weighted by Gasteiger charge is -2.39. The van der Waals surface area contributed by atoms with E-state index in [4.69, 9.17) is 27.9 Å². The Bertz CT molecular complexity index is 989. The minimum Gasteiger partial charge on any atom is -0.476 e. The molecule has 0 unspecified atom stereocenters. The van der Waals surface area contributed by atoms with Crippen LogP contribution in [0.25, 0.3) is 0 Å². The lowest BCUT2D eigenvalue weighted by molar-refractivity contribution is -0.131. The van der Waals surface area contributed by atoms with Crippen molar-refractivity contribution >= 4 is 56.2 Å². The summed E-state index contributed by atoms with van der Waals surface area (Å²) in [6.45, 7) is 3.26. The number of ether oxygens (including phenoxy) is 1. The largest absolute Gasteiger partial charge is 0.476 e. The Balaban J connectivity index is 2.19. The summed E-state index contributed by atoms with van der Waals surface area (Å²) < 4.78 is 31.2. The molecule has 0 fully saturated rings. The Labute approximate surface area is 161 Å². The molecule has 1 amide bonds. The normalized spacial score (nSPS) is 16.0. The number of nitrogens with zero attached hydrogens (tertiary/aromatic N) is 1. The van der Waals surface area contributed by atoms with Crippen LogP contribution in [0, 0.1) is 0 Å². The Hall–Kier alpha value is -1.96. The van der Waals surface area contributed by atoms with E-state index in [0.717, 1.165) is 6.26 Å². The summed E-state index contributed by atoms with van der Waals surface area (Å²) in [5.74, 6) is -0.0127. The van der Waals surface area contributed by atoms with Gasteiger partial charge in [-0.3, -0.25) is 14.4 Å². The summed E-state index contributed by atoms with van der Waals surface area (Å²) in [6, 6.07) is 9.66. The van der Waals surface area contributed by atoms with E-state index in [0.29, 0.717) is 22.1 Å². The van der Waals surface area contributed by atoms with Gasteiger partial charge in [-0.15, -0.1) is 0 Å².